The van der Waals surface area contributed by atoms with Gasteiger partial charge in [0.15, 0.2) is 11.2 Å². The highest BCUT2D eigenvalue weighted by atomic mass is 79.9. The molecule has 0 aliphatic heterocycles. The van der Waals surface area contributed by atoms with E-state index in [1.807, 2.05) is 6.07 Å². The number of aromatic nitrogens is 5. The van der Waals surface area contributed by atoms with E-state index in [1.165, 1.54) is 6.33 Å². The summed E-state index contributed by atoms with van der Waals surface area (Å²) in [6.45, 7) is 0. The molecule has 0 bridgehead atoms. The van der Waals surface area contributed by atoms with Crippen molar-refractivity contribution in [2.45, 2.75) is 0 Å². The molecule has 3 heterocycles. The summed E-state index contributed by atoms with van der Waals surface area (Å²) in [6.07, 6.45) is 1.28. The van der Waals surface area contributed by atoms with Crippen LogP contribution in [0.1, 0.15) is 10.5 Å². The molecule has 0 atom stereocenters. The largest absolute Gasteiger partial charge is 0.423 e. The van der Waals surface area contributed by atoms with E-state index in [2.05, 4.69) is 46.4 Å². The summed E-state index contributed by atoms with van der Waals surface area (Å²) in [5.74, 6) is -0.338. The van der Waals surface area contributed by atoms with Gasteiger partial charge < -0.3 is 10.2 Å². The van der Waals surface area contributed by atoms with Crippen LogP contribution in [0.25, 0.3) is 22.1 Å². The predicted molar refractivity (Wildman–Crippen MR) is 85.8 cm³/mol. The SMILES string of the molecule is Nc1ncnc2n[nH]c(C(=O)Nc3nc4cc(Br)ccc4o3)c12. The maximum atomic E-state index is 12.4. The molecule has 1 amide bonds. The van der Waals surface area contributed by atoms with Crippen molar-refractivity contribution in [3.63, 3.8) is 0 Å². The van der Waals surface area contributed by atoms with E-state index in [-0.39, 0.29) is 17.5 Å². The molecule has 0 aliphatic rings. The minimum Gasteiger partial charge on any atom is -0.423 e. The molecule has 4 aromatic rings. The van der Waals surface area contributed by atoms with Gasteiger partial charge in [-0.25, -0.2) is 9.97 Å². The summed E-state index contributed by atoms with van der Waals surface area (Å²) in [5.41, 5.74) is 7.40. The number of anilines is 2. The van der Waals surface area contributed by atoms with Gasteiger partial charge in [0.1, 0.15) is 23.4 Å². The van der Waals surface area contributed by atoms with E-state index in [4.69, 9.17) is 10.2 Å². The fourth-order valence-corrected chi connectivity index (χ4v) is 2.51. The van der Waals surface area contributed by atoms with Gasteiger partial charge >= 0.3 is 6.01 Å². The number of H-pyrrole nitrogens is 1. The Kier molecular flexibility index (Phi) is 2.98. The number of aromatic amines is 1. The van der Waals surface area contributed by atoms with Crippen molar-refractivity contribution in [2.24, 2.45) is 0 Å². The first kappa shape index (κ1) is 13.6. The second kappa shape index (κ2) is 5.02. The molecule has 0 saturated carbocycles. The van der Waals surface area contributed by atoms with Gasteiger partial charge in [-0.2, -0.15) is 10.1 Å². The monoisotopic (exact) mass is 373 g/mol. The number of carbonyl (C=O) groups is 1. The highest BCUT2D eigenvalue weighted by Gasteiger charge is 2.19. The Balaban J connectivity index is 1.70. The first-order valence-electron chi connectivity index (χ1n) is 6.44. The molecule has 1 aromatic carbocycles. The number of fused-ring (bicyclic) bond motifs is 2. The van der Waals surface area contributed by atoms with Crippen LogP contribution in [0, 0.1) is 0 Å². The molecule has 9 nitrogen and oxygen atoms in total. The van der Waals surface area contributed by atoms with Crippen molar-refractivity contribution in [2.75, 3.05) is 11.1 Å². The van der Waals surface area contributed by atoms with Gasteiger partial charge in [-0.05, 0) is 18.2 Å². The smallest absolute Gasteiger partial charge is 0.302 e. The number of nitrogen functional groups attached to an aromatic ring is 1. The number of nitrogens with zero attached hydrogens (tertiary/aromatic N) is 4. The van der Waals surface area contributed by atoms with Crippen LogP contribution in [0.15, 0.2) is 33.4 Å². The Bertz CT molecular complexity index is 1060. The molecule has 4 rings (SSSR count). The second-order valence-corrected chi connectivity index (χ2v) is 5.56. The van der Waals surface area contributed by atoms with Crippen molar-refractivity contribution >= 4 is 55.8 Å². The van der Waals surface area contributed by atoms with Crippen LogP contribution < -0.4 is 11.1 Å². The zero-order chi connectivity index (χ0) is 16.0. The topological polar surface area (TPSA) is 136 Å². The molecule has 0 radical (unpaired) electrons. The van der Waals surface area contributed by atoms with Crippen LogP contribution >= 0.6 is 15.9 Å². The van der Waals surface area contributed by atoms with Crippen molar-refractivity contribution in [1.82, 2.24) is 25.1 Å². The van der Waals surface area contributed by atoms with Crippen molar-refractivity contribution < 1.29 is 9.21 Å². The van der Waals surface area contributed by atoms with Gasteiger partial charge in [-0.3, -0.25) is 15.2 Å². The Morgan fingerprint density at radius 2 is 2.22 bits per heavy atom. The number of hydrogen-bond acceptors (Lipinski definition) is 7. The maximum absolute atomic E-state index is 12.4. The molecule has 10 heteroatoms. The summed E-state index contributed by atoms with van der Waals surface area (Å²) in [4.78, 5) is 24.4. The third-order valence-corrected chi connectivity index (χ3v) is 3.67. The molecular weight excluding hydrogens is 366 g/mol. The number of carbonyl (C=O) groups excluding carboxylic acids is 1. The summed E-state index contributed by atoms with van der Waals surface area (Å²) in [5, 5.41) is 9.43. The molecule has 0 fully saturated rings. The van der Waals surface area contributed by atoms with Crippen molar-refractivity contribution in [3.8, 4) is 0 Å². The van der Waals surface area contributed by atoms with Crippen LogP contribution in [0.2, 0.25) is 0 Å². The molecule has 0 saturated heterocycles. The lowest BCUT2D eigenvalue weighted by Gasteiger charge is -1.99. The average molecular weight is 374 g/mol. The van der Waals surface area contributed by atoms with E-state index in [9.17, 15) is 4.79 Å². The zero-order valence-electron chi connectivity index (χ0n) is 11.4. The van der Waals surface area contributed by atoms with Gasteiger partial charge in [0.25, 0.3) is 5.91 Å². The molecule has 114 valence electrons. The third kappa shape index (κ3) is 2.28. The fourth-order valence-electron chi connectivity index (χ4n) is 2.16. The second-order valence-electron chi connectivity index (χ2n) is 4.64. The van der Waals surface area contributed by atoms with E-state index in [0.29, 0.717) is 22.1 Å². The fraction of sp³-hybridized carbons (Fsp3) is 0. The van der Waals surface area contributed by atoms with Gasteiger partial charge in [-0.1, -0.05) is 15.9 Å². The predicted octanol–water partition coefficient (Wildman–Crippen LogP) is 2.09. The molecular formula is C13H8BrN7O2. The minimum atomic E-state index is -0.500. The Labute approximate surface area is 136 Å². The van der Waals surface area contributed by atoms with Crippen LogP contribution in [0.5, 0.6) is 0 Å². The average Bonchev–Trinajstić information content (AvgIpc) is 3.11. The highest BCUT2D eigenvalue weighted by molar-refractivity contribution is 9.10. The third-order valence-electron chi connectivity index (χ3n) is 3.18. The number of oxazole rings is 1. The van der Waals surface area contributed by atoms with Crippen molar-refractivity contribution in [1.29, 1.82) is 0 Å². The highest BCUT2D eigenvalue weighted by Crippen LogP contribution is 2.24. The lowest BCUT2D eigenvalue weighted by atomic mass is 10.2. The number of nitrogens with two attached hydrogens (primary N) is 1. The Morgan fingerprint density at radius 3 is 3.09 bits per heavy atom. The van der Waals surface area contributed by atoms with Gasteiger partial charge in [0, 0.05) is 4.47 Å². The molecule has 23 heavy (non-hydrogen) atoms. The van der Waals surface area contributed by atoms with Gasteiger partial charge in [0.05, 0.1) is 5.39 Å². The number of hydrogen-bond donors (Lipinski definition) is 3. The summed E-state index contributed by atoms with van der Waals surface area (Å²) < 4.78 is 6.34. The first-order valence-corrected chi connectivity index (χ1v) is 7.23. The first-order chi connectivity index (χ1) is 11.1. The van der Waals surface area contributed by atoms with Gasteiger partial charge in [-0.15, -0.1) is 0 Å². The number of halogens is 1. The summed E-state index contributed by atoms with van der Waals surface area (Å²) >= 11 is 3.35. The molecule has 4 N–H and O–H groups in total. The molecule has 0 aliphatic carbocycles. The van der Waals surface area contributed by atoms with E-state index in [0.717, 1.165) is 4.47 Å². The van der Waals surface area contributed by atoms with Crippen LogP contribution in [0.3, 0.4) is 0 Å². The quantitative estimate of drug-likeness (QED) is 0.489. The lowest BCUT2D eigenvalue weighted by molar-refractivity contribution is 0.102. The normalized spacial score (nSPS) is 11.2. The number of nitrogens with one attached hydrogen (secondary N) is 2. The number of amides is 1. The minimum absolute atomic E-state index is 0.0706. The van der Waals surface area contributed by atoms with E-state index < -0.39 is 5.91 Å². The summed E-state index contributed by atoms with van der Waals surface area (Å²) in [7, 11) is 0. The van der Waals surface area contributed by atoms with Gasteiger partial charge in [0.2, 0.25) is 0 Å². The van der Waals surface area contributed by atoms with E-state index in [1.54, 1.807) is 12.1 Å². The molecule has 3 aromatic heterocycles. The summed E-state index contributed by atoms with van der Waals surface area (Å²) in [6, 6.07) is 5.42. The Morgan fingerprint density at radius 1 is 1.35 bits per heavy atom. The van der Waals surface area contributed by atoms with Crippen molar-refractivity contribution in [3.05, 3.63) is 34.7 Å². The standard InChI is InChI=1S/C13H8BrN7O2/c14-5-1-2-7-6(3-5)18-13(23-7)19-12(22)9-8-10(15)16-4-17-11(8)21-20-9/h1-4H,(H,18,19,22)(H3,15,16,17,20,21). The zero-order valence-corrected chi connectivity index (χ0v) is 13.0. The molecule has 0 unspecified atom stereocenters. The van der Waals surface area contributed by atoms with E-state index >= 15 is 0 Å². The number of rotatable bonds is 2. The van der Waals surface area contributed by atoms with Crippen LogP contribution in [0.4, 0.5) is 11.8 Å². The van der Waals surface area contributed by atoms with Crippen LogP contribution in [-0.2, 0) is 0 Å². The van der Waals surface area contributed by atoms with Crippen LogP contribution in [-0.4, -0.2) is 31.1 Å². The maximum Gasteiger partial charge on any atom is 0.302 e. The Hall–Kier alpha value is -3.01. The molecule has 0 spiro atoms. The lowest BCUT2D eigenvalue weighted by Crippen LogP contribution is -2.13. The number of benzene rings is 1.